The third-order valence-corrected chi connectivity index (χ3v) is 3.85. The molecule has 0 aromatic rings. The maximum atomic E-state index is 12.4. The van der Waals surface area contributed by atoms with Crippen LogP contribution in [0.1, 0.15) is 52.9 Å². The molecule has 0 spiro atoms. The highest BCUT2D eigenvalue weighted by molar-refractivity contribution is 5.82. The van der Waals surface area contributed by atoms with Crippen LogP contribution in [0.15, 0.2) is 0 Å². The number of hydrogen-bond donors (Lipinski definition) is 1. The van der Waals surface area contributed by atoms with Crippen LogP contribution in [0.2, 0.25) is 0 Å². The molecule has 1 saturated heterocycles. The third-order valence-electron chi connectivity index (χ3n) is 3.85. The van der Waals surface area contributed by atoms with Gasteiger partial charge in [-0.15, -0.1) is 0 Å². The van der Waals surface area contributed by atoms with E-state index in [0.29, 0.717) is 0 Å². The average molecular weight is 240 g/mol. The van der Waals surface area contributed by atoms with E-state index in [0.717, 1.165) is 25.9 Å². The highest BCUT2D eigenvalue weighted by Gasteiger charge is 2.38. The molecule has 100 valence electrons. The standard InChI is InChI=1S/C14H28N2O/c1-5-6-7-11-16(4)13(17)12-14(2,3)9-8-10-15-12/h12,15H,5-11H2,1-4H3. The number of nitrogens with one attached hydrogen (secondary N) is 1. The van der Waals surface area contributed by atoms with Gasteiger partial charge in [0.15, 0.2) is 0 Å². The molecule has 3 nitrogen and oxygen atoms in total. The minimum atomic E-state index is 0.00266. The zero-order valence-corrected chi connectivity index (χ0v) is 11.9. The number of piperidine rings is 1. The van der Waals surface area contributed by atoms with Crippen molar-refractivity contribution < 1.29 is 4.79 Å². The second-order valence-electron chi connectivity index (χ2n) is 5.95. The van der Waals surface area contributed by atoms with Gasteiger partial charge in [0, 0.05) is 13.6 Å². The summed E-state index contributed by atoms with van der Waals surface area (Å²) in [4.78, 5) is 14.3. The highest BCUT2D eigenvalue weighted by Crippen LogP contribution is 2.30. The largest absolute Gasteiger partial charge is 0.344 e. The number of hydrogen-bond acceptors (Lipinski definition) is 2. The van der Waals surface area contributed by atoms with Crippen molar-refractivity contribution in [2.45, 2.75) is 58.9 Å². The van der Waals surface area contributed by atoms with Crippen molar-refractivity contribution in [1.82, 2.24) is 10.2 Å². The van der Waals surface area contributed by atoms with Gasteiger partial charge < -0.3 is 10.2 Å². The fraction of sp³-hybridized carbons (Fsp3) is 0.929. The molecule has 1 aliphatic heterocycles. The van der Waals surface area contributed by atoms with Crippen LogP contribution in [0.25, 0.3) is 0 Å². The molecular weight excluding hydrogens is 212 g/mol. The van der Waals surface area contributed by atoms with Crippen LogP contribution in [-0.4, -0.2) is 37.0 Å². The van der Waals surface area contributed by atoms with Crippen molar-refractivity contribution in [3.05, 3.63) is 0 Å². The lowest BCUT2D eigenvalue weighted by atomic mass is 9.77. The number of likely N-dealkylation sites (N-methyl/N-ethyl adjacent to an activating group) is 1. The highest BCUT2D eigenvalue weighted by atomic mass is 16.2. The molecule has 1 amide bonds. The summed E-state index contributed by atoms with van der Waals surface area (Å²) in [6.45, 7) is 8.44. The number of nitrogens with zero attached hydrogens (tertiary/aromatic N) is 1. The van der Waals surface area contributed by atoms with Crippen molar-refractivity contribution in [2.75, 3.05) is 20.1 Å². The van der Waals surface area contributed by atoms with Crippen LogP contribution >= 0.6 is 0 Å². The van der Waals surface area contributed by atoms with E-state index in [4.69, 9.17) is 0 Å². The van der Waals surface area contributed by atoms with Gasteiger partial charge in [-0.3, -0.25) is 4.79 Å². The van der Waals surface area contributed by atoms with E-state index < -0.39 is 0 Å². The zero-order valence-electron chi connectivity index (χ0n) is 11.9. The molecule has 0 aromatic carbocycles. The first kappa shape index (κ1) is 14.5. The molecule has 1 atom stereocenters. The fourth-order valence-corrected chi connectivity index (χ4v) is 2.56. The van der Waals surface area contributed by atoms with Gasteiger partial charge in [-0.2, -0.15) is 0 Å². The van der Waals surface area contributed by atoms with E-state index >= 15 is 0 Å². The second kappa shape index (κ2) is 6.39. The summed E-state index contributed by atoms with van der Waals surface area (Å²) in [7, 11) is 1.93. The molecule has 0 aliphatic carbocycles. The van der Waals surface area contributed by atoms with Gasteiger partial charge in [0.2, 0.25) is 5.91 Å². The molecule has 0 radical (unpaired) electrons. The van der Waals surface area contributed by atoms with E-state index in [1.165, 1.54) is 19.3 Å². The molecule has 1 rings (SSSR count). The normalized spacial score (nSPS) is 23.4. The minimum absolute atomic E-state index is 0.00266. The summed E-state index contributed by atoms with van der Waals surface area (Å²) >= 11 is 0. The van der Waals surface area contributed by atoms with Crippen LogP contribution in [0, 0.1) is 5.41 Å². The molecule has 0 aromatic heterocycles. The van der Waals surface area contributed by atoms with Gasteiger partial charge in [-0.05, 0) is 31.2 Å². The Bertz CT molecular complexity index is 251. The molecule has 1 fully saturated rings. The number of carbonyl (C=O) groups is 1. The quantitative estimate of drug-likeness (QED) is 0.749. The van der Waals surface area contributed by atoms with Crippen molar-refractivity contribution in [1.29, 1.82) is 0 Å². The van der Waals surface area contributed by atoms with Crippen LogP contribution in [0.4, 0.5) is 0 Å². The molecule has 0 bridgehead atoms. The monoisotopic (exact) mass is 240 g/mol. The number of amides is 1. The number of rotatable bonds is 5. The molecule has 0 saturated carbocycles. The summed E-state index contributed by atoms with van der Waals surface area (Å²) in [6, 6.07) is 0.00266. The van der Waals surface area contributed by atoms with Gasteiger partial charge >= 0.3 is 0 Å². The first-order chi connectivity index (χ1) is 7.99. The Balaban J connectivity index is 2.49. The van der Waals surface area contributed by atoms with Crippen molar-refractivity contribution in [2.24, 2.45) is 5.41 Å². The summed E-state index contributed by atoms with van der Waals surface area (Å²) in [5, 5.41) is 3.39. The lowest BCUT2D eigenvalue weighted by Gasteiger charge is -2.40. The Morgan fingerprint density at radius 1 is 1.41 bits per heavy atom. The maximum absolute atomic E-state index is 12.4. The van der Waals surface area contributed by atoms with Gasteiger partial charge in [-0.1, -0.05) is 33.6 Å². The van der Waals surface area contributed by atoms with Gasteiger partial charge in [0.05, 0.1) is 6.04 Å². The Morgan fingerprint density at radius 3 is 2.71 bits per heavy atom. The summed E-state index contributed by atoms with van der Waals surface area (Å²) in [5.41, 5.74) is 0.0916. The summed E-state index contributed by atoms with van der Waals surface area (Å²) in [6.07, 6.45) is 5.84. The van der Waals surface area contributed by atoms with Crippen molar-refractivity contribution >= 4 is 5.91 Å². The SMILES string of the molecule is CCCCCN(C)C(=O)C1NCCCC1(C)C. The Labute approximate surface area is 106 Å². The maximum Gasteiger partial charge on any atom is 0.239 e. The number of unbranched alkanes of at least 4 members (excludes halogenated alkanes) is 2. The summed E-state index contributed by atoms with van der Waals surface area (Å²) in [5.74, 6) is 0.269. The van der Waals surface area contributed by atoms with E-state index in [1.807, 2.05) is 11.9 Å². The molecule has 1 N–H and O–H groups in total. The average Bonchev–Trinajstić information content (AvgIpc) is 2.28. The lowest BCUT2D eigenvalue weighted by molar-refractivity contribution is -0.136. The van der Waals surface area contributed by atoms with E-state index in [1.54, 1.807) is 0 Å². The topological polar surface area (TPSA) is 32.3 Å². The van der Waals surface area contributed by atoms with E-state index in [9.17, 15) is 4.79 Å². The molecule has 1 heterocycles. The third kappa shape index (κ3) is 3.98. The van der Waals surface area contributed by atoms with Crippen LogP contribution in [0.5, 0.6) is 0 Å². The number of carbonyl (C=O) groups excluding carboxylic acids is 1. The van der Waals surface area contributed by atoms with Gasteiger partial charge in [-0.25, -0.2) is 0 Å². The second-order valence-corrected chi connectivity index (χ2v) is 5.95. The first-order valence-electron chi connectivity index (χ1n) is 6.97. The Morgan fingerprint density at radius 2 is 2.12 bits per heavy atom. The van der Waals surface area contributed by atoms with Crippen molar-refractivity contribution in [3.63, 3.8) is 0 Å². The first-order valence-corrected chi connectivity index (χ1v) is 6.97. The zero-order chi connectivity index (χ0) is 12.9. The van der Waals surface area contributed by atoms with E-state index in [2.05, 4.69) is 26.1 Å². The molecule has 1 aliphatic rings. The predicted molar refractivity (Wildman–Crippen MR) is 72.0 cm³/mol. The van der Waals surface area contributed by atoms with E-state index in [-0.39, 0.29) is 17.4 Å². The minimum Gasteiger partial charge on any atom is -0.344 e. The molecule has 1 unspecified atom stereocenters. The van der Waals surface area contributed by atoms with Gasteiger partial charge in [0.25, 0.3) is 0 Å². The van der Waals surface area contributed by atoms with Gasteiger partial charge in [0.1, 0.15) is 0 Å². The van der Waals surface area contributed by atoms with Crippen LogP contribution in [0.3, 0.4) is 0 Å². The lowest BCUT2D eigenvalue weighted by Crippen LogP contribution is -2.55. The predicted octanol–water partition coefficient (Wildman–Crippen LogP) is 2.41. The van der Waals surface area contributed by atoms with Crippen LogP contribution in [-0.2, 0) is 4.79 Å². The van der Waals surface area contributed by atoms with Crippen LogP contribution < -0.4 is 5.32 Å². The molecule has 17 heavy (non-hydrogen) atoms. The molecular formula is C14H28N2O. The molecule has 3 heteroatoms. The smallest absolute Gasteiger partial charge is 0.239 e. The summed E-state index contributed by atoms with van der Waals surface area (Å²) < 4.78 is 0. The Kier molecular flexibility index (Phi) is 5.44. The fourth-order valence-electron chi connectivity index (χ4n) is 2.56. The Hall–Kier alpha value is -0.570. The van der Waals surface area contributed by atoms with Crippen molar-refractivity contribution in [3.8, 4) is 0 Å².